The van der Waals surface area contributed by atoms with E-state index in [0.717, 1.165) is 5.56 Å². The van der Waals surface area contributed by atoms with Crippen molar-refractivity contribution in [3.63, 3.8) is 0 Å². The molecular weight excluding hydrogens is 151 g/mol. The van der Waals surface area contributed by atoms with Crippen molar-refractivity contribution in [2.45, 2.75) is 12.8 Å². The van der Waals surface area contributed by atoms with Crippen molar-refractivity contribution in [2.24, 2.45) is 0 Å². The van der Waals surface area contributed by atoms with Gasteiger partial charge >= 0.3 is 0 Å². The highest BCUT2D eigenvalue weighted by Gasteiger charge is 1.99. The van der Waals surface area contributed by atoms with Crippen molar-refractivity contribution in [1.29, 1.82) is 0 Å². The second-order valence-electron chi connectivity index (χ2n) is 2.16. The molecule has 1 rings (SSSR count). The van der Waals surface area contributed by atoms with Crippen molar-refractivity contribution in [1.82, 2.24) is 0 Å². The molecular formula is C8H8ClF. The van der Waals surface area contributed by atoms with Gasteiger partial charge in [-0.15, -0.1) is 11.6 Å². The molecule has 0 saturated heterocycles. The van der Waals surface area contributed by atoms with Gasteiger partial charge < -0.3 is 0 Å². The lowest BCUT2D eigenvalue weighted by Crippen LogP contribution is -1.87. The van der Waals surface area contributed by atoms with Crippen LogP contribution in [0.4, 0.5) is 4.39 Å². The van der Waals surface area contributed by atoms with Gasteiger partial charge in [-0.3, -0.25) is 0 Å². The molecule has 0 unspecified atom stereocenters. The van der Waals surface area contributed by atoms with E-state index in [0.29, 0.717) is 11.4 Å². The number of halogens is 2. The molecule has 0 heterocycles. The molecule has 2 heteroatoms. The maximum Gasteiger partial charge on any atom is 0.126 e. The lowest BCUT2D eigenvalue weighted by molar-refractivity contribution is 0.616. The van der Waals surface area contributed by atoms with Crippen LogP contribution in [-0.4, -0.2) is 0 Å². The summed E-state index contributed by atoms with van der Waals surface area (Å²) in [5.41, 5.74) is 1.51. The SMILES string of the molecule is Cc1c(F)cccc1CCl. The number of hydrogen-bond acceptors (Lipinski definition) is 0. The summed E-state index contributed by atoms with van der Waals surface area (Å²) in [5, 5.41) is 0. The van der Waals surface area contributed by atoms with Gasteiger partial charge in [0.1, 0.15) is 5.82 Å². The van der Waals surface area contributed by atoms with E-state index in [1.54, 1.807) is 13.0 Å². The topological polar surface area (TPSA) is 0 Å². The molecule has 0 radical (unpaired) electrons. The van der Waals surface area contributed by atoms with Gasteiger partial charge in [0.2, 0.25) is 0 Å². The Labute approximate surface area is 64.6 Å². The first-order chi connectivity index (χ1) is 4.75. The van der Waals surface area contributed by atoms with Gasteiger partial charge in [-0.05, 0) is 24.1 Å². The standard InChI is InChI=1S/C8H8ClF/c1-6-7(5-9)3-2-4-8(6)10/h2-4H,5H2,1H3. The van der Waals surface area contributed by atoms with Crippen molar-refractivity contribution in [2.75, 3.05) is 0 Å². The molecule has 0 aliphatic carbocycles. The molecule has 0 atom stereocenters. The van der Waals surface area contributed by atoms with E-state index in [1.807, 2.05) is 6.07 Å². The predicted octanol–water partition coefficient (Wildman–Crippen LogP) is 2.87. The van der Waals surface area contributed by atoms with E-state index in [2.05, 4.69) is 0 Å². The summed E-state index contributed by atoms with van der Waals surface area (Å²) in [7, 11) is 0. The summed E-state index contributed by atoms with van der Waals surface area (Å²) < 4.78 is 12.7. The Bertz CT molecular complexity index is 233. The Kier molecular flexibility index (Phi) is 2.28. The van der Waals surface area contributed by atoms with Crippen LogP contribution >= 0.6 is 11.6 Å². The van der Waals surface area contributed by atoms with E-state index in [9.17, 15) is 4.39 Å². The lowest BCUT2D eigenvalue weighted by atomic mass is 10.1. The van der Waals surface area contributed by atoms with Crippen molar-refractivity contribution >= 4 is 11.6 Å². The maximum absolute atomic E-state index is 12.7. The fourth-order valence-corrected chi connectivity index (χ4v) is 1.09. The summed E-state index contributed by atoms with van der Waals surface area (Å²) in [6, 6.07) is 4.93. The molecule has 0 aromatic heterocycles. The molecule has 10 heavy (non-hydrogen) atoms. The van der Waals surface area contributed by atoms with Crippen molar-refractivity contribution in [3.8, 4) is 0 Å². The molecule has 0 nitrogen and oxygen atoms in total. The third-order valence-corrected chi connectivity index (χ3v) is 1.81. The van der Waals surface area contributed by atoms with E-state index in [1.165, 1.54) is 6.07 Å². The quantitative estimate of drug-likeness (QED) is 0.552. The molecule has 0 N–H and O–H groups in total. The number of hydrogen-bond donors (Lipinski definition) is 0. The molecule has 54 valence electrons. The van der Waals surface area contributed by atoms with E-state index >= 15 is 0 Å². The van der Waals surface area contributed by atoms with Crippen LogP contribution in [0.15, 0.2) is 18.2 Å². The molecule has 0 aliphatic rings. The van der Waals surface area contributed by atoms with Crippen LogP contribution in [0.5, 0.6) is 0 Å². The van der Waals surface area contributed by atoms with Crippen LogP contribution in [-0.2, 0) is 5.88 Å². The first-order valence-electron chi connectivity index (χ1n) is 3.05. The zero-order valence-electron chi connectivity index (χ0n) is 5.70. The minimum atomic E-state index is -0.182. The highest BCUT2D eigenvalue weighted by atomic mass is 35.5. The average molecular weight is 159 g/mol. The van der Waals surface area contributed by atoms with Gasteiger partial charge in [-0.2, -0.15) is 0 Å². The van der Waals surface area contributed by atoms with Gasteiger partial charge in [-0.1, -0.05) is 12.1 Å². The van der Waals surface area contributed by atoms with Crippen LogP contribution in [0.1, 0.15) is 11.1 Å². The van der Waals surface area contributed by atoms with Crippen LogP contribution in [0.25, 0.3) is 0 Å². The van der Waals surface area contributed by atoms with Crippen molar-refractivity contribution in [3.05, 3.63) is 35.1 Å². The Morgan fingerprint density at radius 1 is 1.50 bits per heavy atom. The molecule has 1 aromatic rings. The summed E-state index contributed by atoms with van der Waals surface area (Å²) in [4.78, 5) is 0. The lowest BCUT2D eigenvalue weighted by Gasteiger charge is -2.00. The Morgan fingerprint density at radius 3 is 2.70 bits per heavy atom. The predicted molar refractivity (Wildman–Crippen MR) is 40.7 cm³/mol. The van der Waals surface area contributed by atoms with Gasteiger partial charge in [-0.25, -0.2) is 4.39 Å². The van der Waals surface area contributed by atoms with Crippen LogP contribution in [0.2, 0.25) is 0 Å². The molecule has 0 fully saturated rings. The van der Waals surface area contributed by atoms with Crippen LogP contribution in [0.3, 0.4) is 0 Å². The molecule has 0 saturated carbocycles. The Balaban J connectivity index is 3.14. The second kappa shape index (κ2) is 3.02. The fraction of sp³-hybridized carbons (Fsp3) is 0.250. The van der Waals surface area contributed by atoms with Gasteiger partial charge in [0.05, 0.1) is 0 Å². The van der Waals surface area contributed by atoms with Gasteiger partial charge in [0.25, 0.3) is 0 Å². The first kappa shape index (κ1) is 7.55. The average Bonchev–Trinajstić information content (AvgIpc) is 1.95. The minimum absolute atomic E-state index is 0.182. The molecule has 0 amide bonds. The smallest absolute Gasteiger partial charge is 0.126 e. The first-order valence-corrected chi connectivity index (χ1v) is 3.59. The number of rotatable bonds is 1. The maximum atomic E-state index is 12.7. The normalized spacial score (nSPS) is 9.90. The third-order valence-electron chi connectivity index (χ3n) is 1.52. The number of benzene rings is 1. The second-order valence-corrected chi connectivity index (χ2v) is 2.42. The van der Waals surface area contributed by atoms with Crippen LogP contribution in [0, 0.1) is 12.7 Å². The minimum Gasteiger partial charge on any atom is -0.207 e. The van der Waals surface area contributed by atoms with E-state index < -0.39 is 0 Å². The fourth-order valence-electron chi connectivity index (χ4n) is 0.797. The highest BCUT2D eigenvalue weighted by molar-refractivity contribution is 6.17. The summed E-state index contributed by atoms with van der Waals surface area (Å²) in [6.07, 6.45) is 0. The largest absolute Gasteiger partial charge is 0.207 e. The molecule has 0 spiro atoms. The molecule has 0 aliphatic heterocycles. The van der Waals surface area contributed by atoms with Gasteiger partial charge in [0.15, 0.2) is 0 Å². The van der Waals surface area contributed by atoms with Crippen LogP contribution < -0.4 is 0 Å². The number of alkyl halides is 1. The Morgan fingerprint density at radius 2 is 2.20 bits per heavy atom. The monoisotopic (exact) mass is 158 g/mol. The summed E-state index contributed by atoms with van der Waals surface area (Å²) in [5.74, 6) is 0.196. The zero-order chi connectivity index (χ0) is 7.56. The van der Waals surface area contributed by atoms with Gasteiger partial charge in [0, 0.05) is 5.88 Å². The third kappa shape index (κ3) is 1.29. The molecule has 1 aromatic carbocycles. The summed E-state index contributed by atoms with van der Waals surface area (Å²) >= 11 is 5.54. The highest BCUT2D eigenvalue weighted by Crippen LogP contribution is 2.13. The van der Waals surface area contributed by atoms with E-state index in [-0.39, 0.29) is 5.82 Å². The molecule has 0 bridgehead atoms. The zero-order valence-corrected chi connectivity index (χ0v) is 6.45. The summed E-state index contributed by atoms with van der Waals surface area (Å²) in [6.45, 7) is 1.73. The van der Waals surface area contributed by atoms with Crippen molar-refractivity contribution < 1.29 is 4.39 Å². The Hall–Kier alpha value is -0.560. The van der Waals surface area contributed by atoms with E-state index in [4.69, 9.17) is 11.6 Å².